The first kappa shape index (κ1) is 21.5. The van der Waals surface area contributed by atoms with Gasteiger partial charge in [0.2, 0.25) is 15.9 Å². The van der Waals surface area contributed by atoms with Crippen molar-refractivity contribution >= 4 is 21.8 Å². The van der Waals surface area contributed by atoms with Crippen molar-refractivity contribution in [1.29, 1.82) is 0 Å². The molecule has 2 amide bonds. The molecule has 2 aromatic rings. The Morgan fingerprint density at radius 1 is 1.00 bits per heavy atom. The van der Waals surface area contributed by atoms with Crippen LogP contribution in [0.2, 0.25) is 0 Å². The van der Waals surface area contributed by atoms with Gasteiger partial charge in [0.1, 0.15) is 6.04 Å². The van der Waals surface area contributed by atoms with Gasteiger partial charge >= 0.3 is 0 Å². The number of sulfonamides is 1. The molecule has 8 heteroatoms. The van der Waals surface area contributed by atoms with Crippen molar-refractivity contribution in [2.75, 3.05) is 13.1 Å². The molecule has 1 unspecified atom stereocenters. The number of carbonyl (C=O) groups is 2. The fourth-order valence-corrected chi connectivity index (χ4v) is 5.09. The van der Waals surface area contributed by atoms with Crippen molar-refractivity contribution in [1.82, 2.24) is 14.9 Å². The van der Waals surface area contributed by atoms with Gasteiger partial charge in [0.05, 0.1) is 4.90 Å². The van der Waals surface area contributed by atoms with Crippen molar-refractivity contribution in [3.63, 3.8) is 0 Å². The first-order chi connectivity index (χ1) is 14.9. The average Bonchev–Trinajstić information content (AvgIpc) is 3.40. The maximum absolute atomic E-state index is 13.1. The smallest absolute Gasteiger partial charge is 0.251 e. The summed E-state index contributed by atoms with van der Waals surface area (Å²) in [6.07, 6.45) is 3.97. The van der Waals surface area contributed by atoms with Gasteiger partial charge in [-0.1, -0.05) is 36.4 Å². The van der Waals surface area contributed by atoms with Crippen LogP contribution in [0.15, 0.2) is 59.5 Å². The van der Waals surface area contributed by atoms with E-state index in [1.54, 1.807) is 17.0 Å². The highest BCUT2D eigenvalue weighted by molar-refractivity contribution is 7.89. The van der Waals surface area contributed by atoms with Gasteiger partial charge in [0, 0.05) is 31.1 Å². The van der Waals surface area contributed by atoms with Crippen LogP contribution in [-0.4, -0.2) is 50.3 Å². The first-order valence-corrected chi connectivity index (χ1v) is 12.2. The minimum Gasteiger partial charge on any atom is -0.341 e. The number of nitrogens with one attached hydrogen (secondary N) is 2. The number of hydrogen-bond donors (Lipinski definition) is 2. The van der Waals surface area contributed by atoms with Gasteiger partial charge in [-0.15, -0.1) is 0 Å². The van der Waals surface area contributed by atoms with E-state index in [0.29, 0.717) is 19.5 Å². The maximum atomic E-state index is 13.1. The molecule has 7 nitrogen and oxygen atoms in total. The number of benzene rings is 2. The van der Waals surface area contributed by atoms with Gasteiger partial charge in [0.15, 0.2) is 0 Å². The molecule has 1 aliphatic carbocycles. The summed E-state index contributed by atoms with van der Waals surface area (Å²) in [5.41, 5.74) is 1.16. The van der Waals surface area contributed by atoms with Crippen LogP contribution in [0.3, 0.4) is 0 Å². The van der Waals surface area contributed by atoms with E-state index in [1.807, 2.05) is 30.3 Å². The standard InChI is InChI=1S/C23H27N3O4S/c27-22(18-9-6-10-20(16-18)31(29,30)25-19-11-12-19)24-21(15-17-7-2-1-3-8-17)23(28)26-13-4-5-14-26/h1-3,6-10,16,19,21,25H,4-5,11-15H2,(H,24,27). The molecule has 164 valence electrons. The molecule has 4 rings (SSSR count). The van der Waals surface area contributed by atoms with Crippen molar-refractivity contribution in [2.24, 2.45) is 0 Å². The summed E-state index contributed by atoms with van der Waals surface area (Å²) in [6.45, 7) is 1.39. The van der Waals surface area contributed by atoms with Gasteiger partial charge in [-0.2, -0.15) is 0 Å². The van der Waals surface area contributed by atoms with E-state index in [0.717, 1.165) is 31.2 Å². The van der Waals surface area contributed by atoms with Crippen molar-refractivity contribution in [2.45, 2.75) is 49.1 Å². The molecule has 0 radical (unpaired) electrons. The minimum atomic E-state index is -3.66. The fraction of sp³-hybridized carbons (Fsp3) is 0.391. The molecular formula is C23H27N3O4S. The zero-order chi connectivity index (χ0) is 21.8. The normalized spacial score (nSPS) is 17.4. The second-order valence-electron chi connectivity index (χ2n) is 8.17. The number of nitrogens with zero attached hydrogens (tertiary/aromatic N) is 1. The first-order valence-electron chi connectivity index (χ1n) is 10.7. The van der Waals surface area contributed by atoms with Crippen LogP contribution in [0.1, 0.15) is 41.6 Å². The van der Waals surface area contributed by atoms with Crippen LogP contribution in [-0.2, 0) is 21.2 Å². The quantitative estimate of drug-likeness (QED) is 0.656. The minimum absolute atomic E-state index is 0.0178. The number of likely N-dealkylation sites (tertiary alicyclic amines) is 1. The predicted molar refractivity (Wildman–Crippen MR) is 117 cm³/mol. The van der Waals surface area contributed by atoms with E-state index in [1.165, 1.54) is 12.1 Å². The van der Waals surface area contributed by atoms with Crippen LogP contribution in [0.4, 0.5) is 0 Å². The van der Waals surface area contributed by atoms with Gasteiger partial charge in [-0.05, 0) is 49.4 Å². The van der Waals surface area contributed by atoms with E-state index in [4.69, 9.17) is 0 Å². The molecule has 2 N–H and O–H groups in total. The van der Waals surface area contributed by atoms with Crippen LogP contribution in [0.5, 0.6) is 0 Å². The lowest BCUT2D eigenvalue weighted by atomic mass is 10.0. The summed E-state index contributed by atoms with van der Waals surface area (Å²) in [6, 6.07) is 14.8. The third-order valence-electron chi connectivity index (χ3n) is 5.61. The monoisotopic (exact) mass is 441 g/mol. The molecule has 2 fully saturated rings. The summed E-state index contributed by atoms with van der Waals surface area (Å²) in [5.74, 6) is -0.564. The molecule has 1 saturated carbocycles. The topological polar surface area (TPSA) is 95.6 Å². The van der Waals surface area contributed by atoms with Crippen LogP contribution >= 0.6 is 0 Å². The van der Waals surface area contributed by atoms with Gasteiger partial charge in [-0.3, -0.25) is 9.59 Å². The Labute approximate surface area is 182 Å². The molecule has 0 aromatic heterocycles. The maximum Gasteiger partial charge on any atom is 0.251 e. The Bertz CT molecular complexity index is 1050. The van der Waals surface area contributed by atoms with E-state index in [2.05, 4.69) is 10.0 Å². The molecular weight excluding hydrogens is 414 g/mol. The summed E-state index contributed by atoms with van der Waals surface area (Å²) in [7, 11) is -3.66. The molecule has 1 atom stereocenters. The second kappa shape index (κ2) is 9.20. The molecule has 2 aromatic carbocycles. The molecule has 31 heavy (non-hydrogen) atoms. The SMILES string of the molecule is O=C(NC(Cc1ccccc1)C(=O)N1CCCC1)c1cccc(S(=O)(=O)NC2CC2)c1. The number of amides is 2. The highest BCUT2D eigenvalue weighted by atomic mass is 32.2. The molecule has 1 saturated heterocycles. The Morgan fingerprint density at radius 3 is 2.39 bits per heavy atom. The second-order valence-corrected chi connectivity index (χ2v) is 9.89. The lowest BCUT2D eigenvalue weighted by molar-refractivity contribution is -0.132. The van der Waals surface area contributed by atoms with E-state index in [9.17, 15) is 18.0 Å². The van der Waals surface area contributed by atoms with Gasteiger partial charge < -0.3 is 10.2 Å². The Kier molecular flexibility index (Phi) is 6.38. The largest absolute Gasteiger partial charge is 0.341 e. The number of hydrogen-bond acceptors (Lipinski definition) is 4. The molecule has 2 aliphatic rings. The summed E-state index contributed by atoms with van der Waals surface area (Å²) >= 11 is 0. The average molecular weight is 442 g/mol. The Morgan fingerprint density at radius 2 is 1.71 bits per heavy atom. The lowest BCUT2D eigenvalue weighted by Gasteiger charge is -2.24. The zero-order valence-corrected chi connectivity index (χ0v) is 18.1. The third-order valence-corrected chi connectivity index (χ3v) is 7.13. The molecule has 1 heterocycles. The van der Waals surface area contributed by atoms with Crippen LogP contribution in [0.25, 0.3) is 0 Å². The predicted octanol–water partition coefficient (Wildman–Crippen LogP) is 2.09. The number of rotatable bonds is 8. The Hall–Kier alpha value is -2.71. The van der Waals surface area contributed by atoms with E-state index < -0.39 is 22.0 Å². The fourth-order valence-electron chi connectivity index (χ4n) is 3.74. The summed E-state index contributed by atoms with van der Waals surface area (Å²) in [4.78, 5) is 27.9. The van der Waals surface area contributed by atoms with Crippen LogP contribution in [0, 0.1) is 0 Å². The molecule has 0 bridgehead atoms. The van der Waals surface area contributed by atoms with Gasteiger partial charge in [0.25, 0.3) is 5.91 Å². The molecule has 0 spiro atoms. The molecule has 1 aliphatic heterocycles. The van der Waals surface area contributed by atoms with Crippen molar-refractivity contribution < 1.29 is 18.0 Å². The zero-order valence-electron chi connectivity index (χ0n) is 17.3. The van der Waals surface area contributed by atoms with Gasteiger partial charge in [-0.25, -0.2) is 13.1 Å². The third kappa shape index (κ3) is 5.51. The summed E-state index contributed by atoms with van der Waals surface area (Å²) in [5, 5.41) is 2.84. The highest BCUT2D eigenvalue weighted by Gasteiger charge is 2.30. The highest BCUT2D eigenvalue weighted by Crippen LogP contribution is 2.22. The summed E-state index contributed by atoms with van der Waals surface area (Å²) < 4.78 is 27.6. The van der Waals surface area contributed by atoms with Crippen LogP contribution < -0.4 is 10.0 Å². The van der Waals surface area contributed by atoms with Crippen molar-refractivity contribution in [3.05, 3.63) is 65.7 Å². The van der Waals surface area contributed by atoms with E-state index >= 15 is 0 Å². The Balaban J connectivity index is 1.52. The van der Waals surface area contributed by atoms with Crippen molar-refractivity contribution in [3.8, 4) is 0 Å². The lowest BCUT2D eigenvalue weighted by Crippen LogP contribution is -2.49. The number of carbonyl (C=O) groups excluding carboxylic acids is 2. The van der Waals surface area contributed by atoms with E-state index in [-0.39, 0.29) is 22.4 Å².